The van der Waals surface area contributed by atoms with E-state index in [-0.39, 0.29) is 0 Å². The summed E-state index contributed by atoms with van der Waals surface area (Å²) in [7, 11) is 0. The fraction of sp³-hybridized carbons (Fsp3) is 1.00. The number of hydrogen-bond acceptors (Lipinski definition) is 3. The van der Waals surface area contributed by atoms with Crippen LogP contribution in [0.5, 0.6) is 0 Å². The Kier molecular flexibility index (Phi) is 1.88. The molecule has 2 N–H and O–H groups in total. The minimum atomic E-state index is 0.627. The number of fused-ring (bicyclic) bond motifs is 1. The molecule has 0 bridgehead atoms. The largest absolute Gasteiger partial charge is 0.299 e. The molecule has 0 amide bonds. The third kappa shape index (κ3) is 1.17. The van der Waals surface area contributed by atoms with Gasteiger partial charge < -0.3 is 0 Å². The zero-order valence-corrected chi connectivity index (χ0v) is 6.27. The van der Waals surface area contributed by atoms with Gasteiger partial charge in [0.25, 0.3) is 0 Å². The third-order valence-corrected chi connectivity index (χ3v) is 2.33. The van der Waals surface area contributed by atoms with E-state index in [0.29, 0.717) is 6.17 Å². The summed E-state index contributed by atoms with van der Waals surface area (Å²) in [5.41, 5.74) is 3.41. The van der Waals surface area contributed by atoms with Gasteiger partial charge in [0.2, 0.25) is 0 Å². The minimum absolute atomic E-state index is 0.627. The molecule has 1 unspecified atom stereocenters. The van der Waals surface area contributed by atoms with Crippen molar-refractivity contribution in [3.05, 3.63) is 0 Å². The van der Waals surface area contributed by atoms with Crippen LogP contribution in [0.2, 0.25) is 0 Å². The molecule has 2 saturated heterocycles. The Balaban J connectivity index is 1.95. The van der Waals surface area contributed by atoms with Gasteiger partial charge in [-0.1, -0.05) is 0 Å². The minimum Gasteiger partial charge on any atom is -0.299 e. The van der Waals surface area contributed by atoms with Crippen molar-refractivity contribution in [1.82, 2.24) is 15.8 Å². The summed E-state index contributed by atoms with van der Waals surface area (Å²) in [4.78, 5) is 0. The van der Waals surface area contributed by atoms with E-state index in [2.05, 4.69) is 15.8 Å². The van der Waals surface area contributed by atoms with Crippen molar-refractivity contribution >= 4 is 0 Å². The third-order valence-electron chi connectivity index (χ3n) is 2.33. The lowest BCUT2D eigenvalue weighted by molar-refractivity contribution is 0.172. The molecule has 2 rings (SSSR count). The summed E-state index contributed by atoms with van der Waals surface area (Å²) < 4.78 is 0. The molecule has 1 atom stereocenters. The van der Waals surface area contributed by atoms with Gasteiger partial charge in [0.05, 0.1) is 6.17 Å². The lowest BCUT2D eigenvalue weighted by Crippen LogP contribution is -2.43. The van der Waals surface area contributed by atoms with Gasteiger partial charge >= 0.3 is 0 Å². The van der Waals surface area contributed by atoms with E-state index in [9.17, 15) is 0 Å². The first-order valence-corrected chi connectivity index (χ1v) is 4.20. The second-order valence-electron chi connectivity index (χ2n) is 3.07. The maximum atomic E-state index is 3.46. The van der Waals surface area contributed by atoms with Crippen LogP contribution in [0.1, 0.15) is 19.3 Å². The first-order chi connectivity index (χ1) is 4.97. The molecule has 2 heterocycles. The average molecular weight is 141 g/mol. The monoisotopic (exact) mass is 141 g/mol. The van der Waals surface area contributed by atoms with Crippen molar-refractivity contribution in [2.24, 2.45) is 0 Å². The Morgan fingerprint density at radius 3 is 3.20 bits per heavy atom. The summed E-state index contributed by atoms with van der Waals surface area (Å²) in [6.45, 7) is 3.49. The van der Waals surface area contributed by atoms with Crippen molar-refractivity contribution in [2.45, 2.75) is 25.4 Å². The van der Waals surface area contributed by atoms with Crippen molar-refractivity contribution in [3.8, 4) is 0 Å². The molecule has 0 aromatic carbocycles. The molecule has 0 aromatic rings. The maximum Gasteiger partial charge on any atom is 0.0733 e. The van der Waals surface area contributed by atoms with E-state index in [4.69, 9.17) is 0 Å². The quantitative estimate of drug-likeness (QED) is 0.493. The lowest BCUT2D eigenvalue weighted by Gasteiger charge is -2.20. The van der Waals surface area contributed by atoms with Crippen molar-refractivity contribution in [2.75, 3.05) is 19.6 Å². The van der Waals surface area contributed by atoms with E-state index in [1.54, 1.807) is 0 Å². The molecule has 0 aliphatic carbocycles. The molecule has 0 aromatic heterocycles. The second kappa shape index (κ2) is 2.86. The summed E-state index contributed by atoms with van der Waals surface area (Å²) in [6, 6.07) is 0. The number of hydrogen-bond donors (Lipinski definition) is 2. The Morgan fingerprint density at radius 1 is 1.20 bits per heavy atom. The standard InChI is InChI=1S/C7H15N3/c1-2-4-9-10-6-5-8-7(10)3-1/h7-9H,1-6H2. The highest BCUT2D eigenvalue weighted by molar-refractivity contribution is 4.76. The van der Waals surface area contributed by atoms with Crippen LogP contribution < -0.4 is 10.7 Å². The van der Waals surface area contributed by atoms with Gasteiger partial charge in [-0.2, -0.15) is 0 Å². The topological polar surface area (TPSA) is 27.3 Å². The van der Waals surface area contributed by atoms with Gasteiger partial charge in [0, 0.05) is 19.6 Å². The first-order valence-electron chi connectivity index (χ1n) is 4.20. The zero-order chi connectivity index (χ0) is 6.81. The normalized spacial score (nSPS) is 35.4. The molecule has 2 aliphatic rings. The molecular formula is C7H15N3. The van der Waals surface area contributed by atoms with E-state index >= 15 is 0 Å². The fourth-order valence-corrected chi connectivity index (χ4v) is 1.75. The molecule has 0 spiro atoms. The van der Waals surface area contributed by atoms with E-state index in [1.807, 2.05) is 0 Å². The highest BCUT2D eigenvalue weighted by Gasteiger charge is 2.24. The van der Waals surface area contributed by atoms with E-state index < -0.39 is 0 Å². The van der Waals surface area contributed by atoms with Gasteiger partial charge in [-0.15, -0.1) is 0 Å². The van der Waals surface area contributed by atoms with Gasteiger partial charge in [0.15, 0.2) is 0 Å². The SMILES string of the molecule is C1CCC2NCCN2NC1. The molecule has 2 aliphatic heterocycles. The van der Waals surface area contributed by atoms with Crippen LogP contribution in [0.3, 0.4) is 0 Å². The Bertz CT molecular complexity index is 103. The summed E-state index contributed by atoms with van der Waals surface area (Å²) in [5.74, 6) is 0. The van der Waals surface area contributed by atoms with Crippen LogP contribution in [-0.4, -0.2) is 30.8 Å². The smallest absolute Gasteiger partial charge is 0.0733 e. The predicted molar refractivity (Wildman–Crippen MR) is 40.4 cm³/mol. The van der Waals surface area contributed by atoms with Crippen LogP contribution in [0.4, 0.5) is 0 Å². The van der Waals surface area contributed by atoms with Gasteiger partial charge in [-0.05, 0) is 19.3 Å². The first kappa shape index (κ1) is 6.58. The summed E-state index contributed by atoms with van der Waals surface area (Å²) >= 11 is 0. The van der Waals surface area contributed by atoms with Crippen LogP contribution in [0.15, 0.2) is 0 Å². The number of hydrazine groups is 1. The molecule has 58 valence electrons. The number of nitrogens with zero attached hydrogens (tertiary/aromatic N) is 1. The molecule has 0 radical (unpaired) electrons. The van der Waals surface area contributed by atoms with E-state index in [0.717, 1.165) is 13.1 Å². The van der Waals surface area contributed by atoms with Crippen LogP contribution in [0, 0.1) is 0 Å². The molecule has 3 nitrogen and oxygen atoms in total. The predicted octanol–water partition coefficient (Wildman–Crippen LogP) is -0.0938. The van der Waals surface area contributed by atoms with Crippen LogP contribution in [-0.2, 0) is 0 Å². The second-order valence-corrected chi connectivity index (χ2v) is 3.07. The van der Waals surface area contributed by atoms with Crippen molar-refractivity contribution in [1.29, 1.82) is 0 Å². The van der Waals surface area contributed by atoms with Crippen LogP contribution >= 0.6 is 0 Å². The molecule has 2 fully saturated rings. The Hall–Kier alpha value is -0.120. The lowest BCUT2D eigenvalue weighted by atomic mass is 10.2. The van der Waals surface area contributed by atoms with Crippen molar-refractivity contribution < 1.29 is 0 Å². The maximum absolute atomic E-state index is 3.46. The Morgan fingerprint density at radius 2 is 2.20 bits per heavy atom. The van der Waals surface area contributed by atoms with Crippen molar-refractivity contribution in [3.63, 3.8) is 0 Å². The molecule has 3 heteroatoms. The molecule has 10 heavy (non-hydrogen) atoms. The number of nitrogens with one attached hydrogen (secondary N) is 2. The Labute approximate surface area is 61.7 Å². The van der Waals surface area contributed by atoms with E-state index in [1.165, 1.54) is 25.8 Å². The highest BCUT2D eigenvalue weighted by Crippen LogP contribution is 2.11. The highest BCUT2D eigenvalue weighted by atomic mass is 15.6. The fourth-order valence-electron chi connectivity index (χ4n) is 1.75. The van der Waals surface area contributed by atoms with Gasteiger partial charge in [-0.25, -0.2) is 5.01 Å². The zero-order valence-electron chi connectivity index (χ0n) is 6.27. The average Bonchev–Trinajstić information content (AvgIpc) is 2.28. The van der Waals surface area contributed by atoms with Gasteiger partial charge in [-0.3, -0.25) is 10.7 Å². The summed E-state index contributed by atoms with van der Waals surface area (Å²) in [6.07, 6.45) is 4.63. The number of rotatable bonds is 0. The molecular weight excluding hydrogens is 126 g/mol. The van der Waals surface area contributed by atoms with Crippen LogP contribution in [0.25, 0.3) is 0 Å². The summed E-state index contributed by atoms with van der Waals surface area (Å²) in [5, 5.41) is 5.80. The molecule has 0 saturated carbocycles. The van der Waals surface area contributed by atoms with Gasteiger partial charge in [0.1, 0.15) is 0 Å².